The van der Waals surface area contributed by atoms with E-state index in [4.69, 9.17) is 5.73 Å². The number of fused-ring (bicyclic) bond motifs is 1. The maximum absolute atomic E-state index is 12.1. The summed E-state index contributed by atoms with van der Waals surface area (Å²) in [5.74, 6) is 0.330. The number of carbonyl (C=O) groups is 1. The summed E-state index contributed by atoms with van der Waals surface area (Å²) >= 11 is 1.26. The summed E-state index contributed by atoms with van der Waals surface area (Å²) in [5, 5.41) is 2.56. The highest BCUT2D eigenvalue weighted by atomic mass is 32.2. The molecule has 0 atom stereocenters. The summed E-state index contributed by atoms with van der Waals surface area (Å²) < 4.78 is 0. The summed E-state index contributed by atoms with van der Waals surface area (Å²) in [7, 11) is 0. The van der Waals surface area contributed by atoms with Crippen LogP contribution in [0.3, 0.4) is 0 Å². The minimum Gasteiger partial charge on any atom is -0.378 e. The molecule has 3 rings (SSSR count). The summed E-state index contributed by atoms with van der Waals surface area (Å²) in [6.45, 7) is 0. The van der Waals surface area contributed by atoms with E-state index >= 15 is 0 Å². The summed E-state index contributed by atoms with van der Waals surface area (Å²) in [4.78, 5) is 16.5. The quantitative estimate of drug-likeness (QED) is 0.440. The second-order valence-electron chi connectivity index (χ2n) is 5.03. The molecule has 0 aromatic heterocycles. The number of Topliss-reactive ketones (excluding diaryl/α,β-unsaturated/α-hetero) is 1. The Morgan fingerprint density at radius 3 is 2.43 bits per heavy atom. The number of hydrogen-bond acceptors (Lipinski definition) is 3. The number of nitrogens with two attached hydrogens (primary N) is 1. The van der Waals surface area contributed by atoms with Gasteiger partial charge in [0.25, 0.3) is 0 Å². The zero-order valence-electron chi connectivity index (χ0n) is 12.5. The molecule has 0 heterocycles. The molecule has 3 aromatic carbocycles. The second-order valence-corrected chi connectivity index (χ2v) is 6.02. The smallest absolute Gasteiger partial charge is 0.173 e. The molecule has 4 heteroatoms. The van der Waals surface area contributed by atoms with Gasteiger partial charge in [-0.05, 0) is 11.5 Å². The number of rotatable bonds is 4. The summed E-state index contributed by atoms with van der Waals surface area (Å²) in [5.41, 5.74) is 7.50. The normalized spacial score (nSPS) is 11.6. The zero-order chi connectivity index (χ0) is 16.1. The van der Waals surface area contributed by atoms with Gasteiger partial charge in [0.15, 0.2) is 11.0 Å². The fourth-order valence-electron chi connectivity index (χ4n) is 2.30. The molecule has 0 radical (unpaired) electrons. The van der Waals surface area contributed by atoms with Crippen molar-refractivity contribution in [3.63, 3.8) is 0 Å². The molecule has 0 aliphatic heterocycles. The first kappa shape index (κ1) is 15.3. The van der Waals surface area contributed by atoms with Crippen LogP contribution in [-0.4, -0.2) is 16.7 Å². The first-order chi connectivity index (χ1) is 11.2. The fourth-order valence-corrected chi connectivity index (χ4v) is 2.91. The number of benzene rings is 3. The Kier molecular flexibility index (Phi) is 4.74. The number of nitrogens with zero attached hydrogens (tertiary/aromatic N) is 1. The first-order valence-electron chi connectivity index (χ1n) is 7.27. The van der Waals surface area contributed by atoms with E-state index in [1.54, 1.807) is 12.1 Å². The third-order valence-electron chi connectivity index (χ3n) is 3.44. The SMILES string of the molecule is NC(=Nc1cccc2ccccc12)SCC(=O)c1ccccc1. The van der Waals surface area contributed by atoms with Crippen LogP contribution in [0.1, 0.15) is 10.4 Å². The van der Waals surface area contributed by atoms with Crippen molar-refractivity contribution in [2.75, 3.05) is 5.75 Å². The van der Waals surface area contributed by atoms with Crippen LogP contribution in [0.4, 0.5) is 5.69 Å². The molecule has 0 aliphatic carbocycles. The lowest BCUT2D eigenvalue weighted by molar-refractivity contribution is 0.102. The summed E-state index contributed by atoms with van der Waals surface area (Å²) in [6, 6.07) is 23.1. The molecule has 23 heavy (non-hydrogen) atoms. The number of amidine groups is 1. The van der Waals surface area contributed by atoms with Crippen molar-refractivity contribution >= 4 is 39.2 Å². The minimum absolute atomic E-state index is 0.0478. The van der Waals surface area contributed by atoms with Gasteiger partial charge in [-0.3, -0.25) is 4.79 Å². The van der Waals surface area contributed by atoms with Gasteiger partial charge in [-0.1, -0.05) is 78.5 Å². The number of aliphatic imine (C=N–C) groups is 1. The fraction of sp³-hybridized carbons (Fsp3) is 0.0526. The molecule has 3 nitrogen and oxygen atoms in total. The number of thioether (sulfide) groups is 1. The lowest BCUT2D eigenvalue weighted by Gasteiger charge is -2.04. The van der Waals surface area contributed by atoms with Gasteiger partial charge in [-0.15, -0.1) is 0 Å². The molecule has 0 bridgehead atoms. The molecule has 0 saturated heterocycles. The van der Waals surface area contributed by atoms with E-state index < -0.39 is 0 Å². The van der Waals surface area contributed by atoms with E-state index in [1.165, 1.54) is 11.8 Å². The number of hydrogen-bond donors (Lipinski definition) is 1. The Morgan fingerprint density at radius 1 is 0.913 bits per heavy atom. The Hall–Kier alpha value is -2.59. The van der Waals surface area contributed by atoms with Crippen molar-refractivity contribution in [3.8, 4) is 0 Å². The van der Waals surface area contributed by atoms with Crippen molar-refractivity contribution in [2.24, 2.45) is 10.7 Å². The topological polar surface area (TPSA) is 55.4 Å². The van der Waals surface area contributed by atoms with Gasteiger partial charge >= 0.3 is 0 Å². The average Bonchev–Trinajstić information content (AvgIpc) is 2.61. The van der Waals surface area contributed by atoms with Crippen LogP contribution in [0, 0.1) is 0 Å². The van der Waals surface area contributed by atoms with Gasteiger partial charge in [0.05, 0.1) is 11.4 Å². The Morgan fingerprint density at radius 2 is 1.61 bits per heavy atom. The average molecular weight is 320 g/mol. The lowest BCUT2D eigenvalue weighted by Crippen LogP contribution is -2.11. The van der Waals surface area contributed by atoms with Crippen LogP contribution in [0.2, 0.25) is 0 Å². The van der Waals surface area contributed by atoms with Gasteiger partial charge < -0.3 is 5.73 Å². The highest BCUT2D eigenvalue weighted by Crippen LogP contribution is 2.26. The van der Waals surface area contributed by atoms with Gasteiger partial charge in [-0.25, -0.2) is 4.99 Å². The van der Waals surface area contributed by atoms with Gasteiger partial charge in [0.1, 0.15) is 0 Å². The van der Waals surface area contributed by atoms with Crippen molar-refractivity contribution < 1.29 is 4.79 Å². The highest BCUT2D eigenvalue weighted by Gasteiger charge is 2.07. The number of carbonyl (C=O) groups excluding carboxylic acids is 1. The third kappa shape index (κ3) is 3.79. The molecule has 0 unspecified atom stereocenters. The van der Waals surface area contributed by atoms with E-state index in [-0.39, 0.29) is 11.5 Å². The Labute approximate surface area is 139 Å². The largest absolute Gasteiger partial charge is 0.378 e. The van der Waals surface area contributed by atoms with Gasteiger partial charge in [-0.2, -0.15) is 0 Å². The monoisotopic (exact) mass is 320 g/mol. The van der Waals surface area contributed by atoms with Crippen LogP contribution in [0.25, 0.3) is 10.8 Å². The van der Waals surface area contributed by atoms with Crippen molar-refractivity contribution in [3.05, 3.63) is 78.4 Å². The van der Waals surface area contributed by atoms with E-state index in [9.17, 15) is 4.79 Å². The van der Waals surface area contributed by atoms with Crippen LogP contribution in [0.15, 0.2) is 77.8 Å². The minimum atomic E-state index is 0.0478. The van der Waals surface area contributed by atoms with Gasteiger partial charge in [0, 0.05) is 10.9 Å². The van der Waals surface area contributed by atoms with Crippen molar-refractivity contribution in [1.29, 1.82) is 0 Å². The lowest BCUT2D eigenvalue weighted by atomic mass is 10.1. The van der Waals surface area contributed by atoms with E-state index in [0.29, 0.717) is 10.7 Å². The molecular formula is C19H16N2OS. The molecule has 0 saturated carbocycles. The second kappa shape index (κ2) is 7.11. The number of ketones is 1. The van der Waals surface area contributed by atoms with Crippen LogP contribution >= 0.6 is 11.8 Å². The summed E-state index contributed by atoms with van der Waals surface area (Å²) in [6.07, 6.45) is 0. The van der Waals surface area contributed by atoms with E-state index in [1.807, 2.05) is 60.7 Å². The first-order valence-corrected chi connectivity index (χ1v) is 8.25. The van der Waals surface area contributed by atoms with Crippen LogP contribution < -0.4 is 5.73 Å². The van der Waals surface area contributed by atoms with Crippen molar-refractivity contribution in [2.45, 2.75) is 0 Å². The molecule has 0 fully saturated rings. The van der Waals surface area contributed by atoms with Crippen LogP contribution in [-0.2, 0) is 0 Å². The molecule has 3 aromatic rings. The maximum atomic E-state index is 12.1. The van der Waals surface area contributed by atoms with E-state index in [0.717, 1.165) is 16.5 Å². The third-order valence-corrected chi connectivity index (χ3v) is 4.24. The molecule has 2 N–H and O–H groups in total. The van der Waals surface area contributed by atoms with Crippen molar-refractivity contribution in [1.82, 2.24) is 0 Å². The highest BCUT2D eigenvalue weighted by molar-refractivity contribution is 8.14. The predicted octanol–water partition coefficient (Wildman–Crippen LogP) is 4.40. The predicted molar refractivity (Wildman–Crippen MR) is 98.5 cm³/mol. The zero-order valence-corrected chi connectivity index (χ0v) is 13.3. The molecule has 114 valence electrons. The van der Waals surface area contributed by atoms with E-state index in [2.05, 4.69) is 4.99 Å². The van der Waals surface area contributed by atoms with Gasteiger partial charge in [0.2, 0.25) is 0 Å². The Balaban J connectivity index is 1.73. The standard InChI is InChI=1S/C19H16N2OS/c20-19(23-13-18(22)15-8-2-1-3-9-15)21-17-12-6-10-14-7-4-5-11-16(14)17/h1-12H,13H2,(H2,20,21). The molecular weight excluding hydrogens is 304 g/mol. The molecule has 0 aliphatic rings. The van der Waals surface area contributed by atoms with Crippen LogP contribution in [0.5, 0.6) is 0 Å². The Bertz CT molecular complexity index is 854. The molecule has 0 amide bonds. The molecule has 0 spiro atoms. The maximum Gasteiger partial charge on any atom is 0.173 e.